The van der Waals surface area contributed by atoms with Gasteiger partial charge in [-0.3, -0.25) is 15.1 Å². The summed E-state index contributed by atoms with van der Waals surface area (Å²) in [6.07, 6.45) is 4.36. The predicted octanol–water partition coefficient (Wildman–Crippen LogP) is 1.78. The van der Waals surface area contributed by atoms with Gasteiger partial charge in [0.2, 0.25) is 6.20 Å². The minimum atomic E-state index is -0.651. The number of nitro groups is 1. The molecule has 1 aromatic rings. The molecule has 13 heavy (non-hydrogen) atoms. The first-order chi connectivity index (χ1) is 6.11. The molecule has 0 N–H and O–H groups in total. The monoisotopic (exact) mass is 182 g/mol. The summed E-state index contributed by atoms with van der Waals surface area (Å²) in [5, 5.41) is 9.94. The van der Waals surface area contributed by atoms with E-state index in [1.165, 1.54) is 12.4 Å². The molecule has 0 radical (unpaired) electrons. The fourth-order valence-electron chi connectivity index (χ4n) is 0.828. The summed E-state index contributed by atoms with van der Waals surface area (Å²) in [7, 11) is 0. The van der Waals surface area contributed by atoms with Crippen molar-refractivity contribution in [1.29, 1.82) is 0 Å². The maximum Gasteiger partial charge on any atom is 0.235 e. The number of aryl methyl sites for hydroxylation is 1. The zero-order chi connectivity index (χ0) is 9.84. The van der Waals surface area contributed by atoms with Crippen molar-refractivity contribution in [2.45, 2.75) is 6.92 Å². The molecule has 0 spiro atoms. The van der Waals surface area contributed by atoms with Crippen molar-refractivity contribution in [3.05, 3.63) is 45.7 Å². The molecule has 0 atom stereocenters. The lowest BCUT2D eigenvalue weighted by molar-refractivity contribution is -0.400. The summed E-state index contributed by atoms with van der Waals surface area (Å²) in [6, 6.07) is 0. The predicted molar refractivity (Wildman–Crippen MR) is 45.0 cm³/mol. The Morgan fingerprint density at radius 1 is 1.62 bits per heavy atom. The average Bonchev–Trinajstić information content (AvgIpc) is 2.07. The topological polar surface area (TPSA) is 56.0 Å². The molecule has 0 amide bonds. The summed E-state index contributed by atoms with van der Waals surface area (Å²) in [4.78, 5) is 13.0. The van der Waals surface area contributed by atoms with Crippen LogP contribution < -0.4 is 0 Å². The van der Waals surface area contributed by atoms with Crippen molar-refractivity contribution in [1.82, 2.24) is 4.98 Å². The Kier molecular flexibility index (Phi) is 2.69. The van der Waals surface area contributed by atoms with Crippen LogP contribution >= 0.6 is 0 Å². The fraction of sp³-hybridized carbons (Fsp3) is 0.125. The van der Waals surface area contributed by atoms with Crippen molar-refractivity contribution in [2.75, 3.05) is 0 Å². The smallest absolute Gasteiger partial charge is 0.235 e. The van der Waals surface area contributed by atoms with Crippen molar-refractivity contribution < 1.29 is 9.31 Å². The lowest BCUT2D eigenvalue weighted by Gasteiger charge is -1.97. The molecule has 0 aliphatic rings. The second-order valence-corrected chi connectivity index (χ2v) is 2.46. The van der Waals surface area contributed by atoms with E-state index in [9.17, 15) is 14.5 Å². The van der Waals surface area contributed by atoms with E-state index in [0.29, 0.717) is 11.8 Å². The van der Waals surface area contributed by atoms with Gasteiger partial charge in [0.25, 0.3) is 0 Å². The van der Waals surface area contributed by atoms with E-state index < -0.39 is 10.7 Å². The molecule has 0 saturated heterocycles. The quantitative estimate of drug-likeness (QED) is 0.517. The number of aromatic nitrogens is 1. The third-order valence-corrected chi connectivity index (χ3v) is 1.46. The number of pyridine rings is 1. The zero-order valence-electron chi connectivity index (χ0n) is 6.90. The van der Waals surface area contributed by atoms with E-state index in [0.717, 1.165) is 6.08 Å². The Morgan fingerprint density at radius 3 is 2.92 bits per heavy atom. The fourth-order valence-corrected chi connectivity index (χ4v) is 0.828. The van der Waals surface area contributed by atoms with E-state index in [1.54, 1.807) is 6.92 Å². The Morgan fingerprint density at radius 2 is 2.31 bits per heavy atom. The maximum atomic E-state index is 13.1. The van der Waals surface area contributed by atoms with Crippen LogP contribution in [0, 0.1) is 22.9 Å². The molecule has 68 valence electrons. The molecule has 0 aromatic carbocycles. The van der Waals surface area contributed by atoms with E-state index in [-0.39, 0.29) is 5.56 Å². The summed E-state index contributed by atoms with van der Waals surface area (Å²) in [5.74, 6) is -0.479. The maximum absolute atomic E-state index is 13.1. The highest BCUT2D eigenvalue weighted by Crippen LogP contribution is 2.11. The Hall–Kier alpha value is -1.78. The Bertz CT molecular complexity index is 363. The minimum Gasteiger partial charge on any atom is -0.264 e. The molecule has 0 unspecified atom stereocenters. The van der Waals surface area contributed by atoms with Crippen LogP contribution in [0.3, 0.4) is 0 Å². The number of hydrogen-bond donors (Lipinski definition) is 0. The first kappa shape index (κ1) is 9.31. The van der Waals surface area contributed by atoms with Gasteiger partial charge in [-0.2, -0.15) is 0 Å². The molecule has 1 heterocycles. The number of halogens is 1. The van der Waals surface area contributed by atoms with Gasteiger partial charge < -0.3 is 0 Å². The van der Waals surface area contributed by atoms with Gasteiger partial charge in [-0.1, -0.05) is 0 Å². The summed E-state index contributed by atoms with van der Waals surface area (Å²) < 4.78 is 13.1. The van der Waals surface area contributed by atoms with Crippen LogP contribution in [0.5, 0.6) is 0 Å². The molecule has 0 bridgehead atoms. The highest BCUT2D eigenvalue weighted by atomic mass is 19.1. The molecule has 4 nitrogen and oxygen atoms in total. The summed E-state index contributed by atoms with van der Waals surface area (Å²) in [6.45, 7) is 1.55. The molecule has 5 heteroatoms. The standard InChI is InChI=1S/C8H7FN2O2/c1-6-4-10-5-7(8(6)9)2-3-11(12)13/h2-5H,1H3/b3-2+. The van der Waals surface area contributed by atoms with Gasteiger partial charge in [0.15, 0.2) is 0 Å². The van der Waals surface area contributed by atoms with Gasteiger partial charge in [-0.25, -0.2) is 4.39 Å². The van der Waals surface area contributed by atoms with Crippen molar-refractivity contribution in [3.63, 3.8) is 0 Å². The highest BCUT2D eigenvalue weighted by Gasteiger charge is 2.02. The summed E-state index contributed by atoms with van der Waals surface area (Å²) in [5.41, 5.74) is 0.488. The zero-order valence-corrected chi connectivity index (χ0v) is 6.90. The Balaban J connectivity index is 3.02. The molecular weight excluding hydrogens is 175 g/mol. The molecular formula is C8H7FN2O2. The van der Waals surface area contributed by atoms with Crippen LogP contribution in [0.1, 0.15) is 11.1 Å². The van der Waals surface area contributed by atoms with E-state index in [2.05, 4.69) is 4.98 Å². The molecule has 0 fully saturated rings. The van der Waals surface area contributed by atoms with Gasteiger partial charge in [0.1, 0.15) is 5.82 Å². The molecule has 1 rings (SSSR count). The van der Waals surface area contributed by atoms with Crippen LogP contribution in [-0.4, -0.2) is 9.91 Å². The molecule has 0 saturated carbocycles. The van der Waals surface area contributed by atoms with Crippen LogP contribution in [0.25, 0.3) is 6.08 Å². The van der Waals surface area contributed by atoms with E-state index in [1.807, 2.05) is 0 Å². The normalized spacial score (nSPS) is 10.6. The number of nitrogens with zero attached hydrogens (tertiary/aromatic N) is 2. The van der Waals surface area contributed by atoms with Gasteiger partial charge in [0, 0.05) is 29.6 Å². The SMILES string of the molecule is Cc1cncc(/C=C/[N+](=O)[O-])c1F. The first-order valence-electron chi connectivity index (χ1n) is 3.53. The third-order valence-electron chi connectivity index (χ3n) is 1.46. The summed E-state index contributed by atoms with van der Waals surface area (Å²) >= 11 is 0. The lowest BCUT2D eigenvalue weighted by atomic mass is 10.2. The van der Waals surface area contributed by atoms with E-state index >= 15 is 0 Å². The average molecular weight is 182 g/mol. The molecule has 1 aromatic heterocycles. The largest absolute Gasteiger partial charge is 0.264 e. The second kappa shape index (κ2) is 3.75. The van der Waals surface area contributed by atoms with E-state index in [4.69, 9.17) is 0 Å². The van der Waals surface area contributed by atoms with Crippen LogP contribution in [0.2, 0.25) is 0 Å². The van der Waals surface area contributed by atoms with Gasteiger partial charge >= 0.3 is 0 Å². The number of hydrogen-bond acceptors (Lipinski definition) is 3. The first-order valence-corrected chi connectivity index (χ1v) is 3.53. The lowest BCUT2D eigenvalue weighted by Crippen LogP contribution is -1.90. The second-order valence-electron chi connectivity index (χ2n) is 2.46. The minimum absolute atomic E-state index is 0.122. The van der Waals surface area contributed by atoms with Crippen LogP contribution in [-0.2, 0) is 0 Å². The molecule has 0 aliphatic heterocycles. The number of rotatable bonds is 2. The van der Waals surface area contributed by atoms with Crippen molar-refractivity contribution in [2.24, 2.45) is 0 Å². The third kappa shape index (κ3) is 2.33. The van der Waals surface area contributed by atoms with Crippen LogP contribution in [0.15, 0.2) is 18.6 Å². The van der Waals surface area contributed by atoms with Crippen molar-refractivity contribution >= 4 is 6.08 Å². The van der Waals surface area contributed by atoms with Crippen LogP contribution in [0.4, 0.5) is 4.39 Å². The van der Waals surface area contributed by atoms with Gasteiger partial charge in [-0.15, -0.1) is 0 Å². The van der Waals surface area contributed by atoms with Gasteiger partial charge in [0.05, 0.1) is 4.92 Å². The molecule has 0 aliphatic carbocycles. The van der Waals surface area contributed by atoms with Crippen molar-refractivity contribution in [3.8, 4) is 0 Å². The van der Waals surface area contributed by atoms with Gasteiger partial charge in [-0.05, 0) is 6.92 Å². The highest BCUT2D eigenvalue weighted by molar-refractivity contribution is 5.48. The Labute approximate surface area is 73.9 Å².